The van der Waals surface area contributed by atoms with Gasteiger partial charge in [0.25, 0.3) is 5.91 Å². The van der Waals surface area contributed by atoms with Crippen molar-refractivity contribution >= 4 is 17.3 Å². The Labute approximate surface area is 149 Å². The van der Waals surface area contributed by atoms with Crippen molar-refractivity contribution in [3.63, 3.8) is 0 Å². The predicted molar refractivity (Wildman–Crippen MR) is 102 cm³/mol. The second kappa shape index (κ2) is 8.67. The van der Waals surface area contributed by atoms with Crippen molar-refractivity contribution in [2.75, 3.05) is 36.5 Å². The standard InChI is InChI=1S/C21H26N2O2/c1-2-3-4-17-5-9-19(10-6-17)22-21(24)18-7-11-20(12-8-18)23-13-15-25-16-14-23/h5-12H,2-4,13-16H2,1H3,(H,22,24). The van der Waals surface area contributed by atoms with Crippen LogP contribution in [0.5, 0.6) is 0 Å². The van der Waals surface area contributed by atoms with Gasteiger partial charge >= 0.3 is 0 Å². The zero-order valence-electron chi connectivity index (χ0n) is 14.8. The largest absolute Gasteiger partial charge is 0.378 e. The number of aryl methyl sites for hydroxylation is 1. The van der Waals surface area contributed by atoms with Crippen molar-refractivity contribution in [1.82, 2.24) is 0 Å². The average Bonchev–Trinajstić information content (AvgIpc) is 2.68. The molecule has 1 heterocycles. The Morgan fingerprint density at radius 2 is 1.72 bits per heavy atom. The molecule has 1 amide bonds. The molecule has 25 heavy (non-hydrogen) atoms. The fraction of sp³-hybridized carbons (Fsp3) is 0.381. The minimum absolute atomic E-state index is 0.0742. The number of benzene rings is 2. The van der Waals surface area contributed by atoms with Gasteiger partial charge in [0, 0.05) is 30.0 Å². The minimum atomic E-state index is -0.0742. The third-order valence-electron chi connectivity index (χ3n) is 4.54. The Kier molecular flexibility index (Phi) is 6.07. The van der Waals surface area contributed by atoms with Gasteiger partial charge < -0.3 is 15.0 Å². The molecule has 0 bridgehead atoms. The summed E-state index contributed by atoms with van der Waals surface area (Å²) in [5.74, 6) is -0.0742. The quantitative estimate of drug-likeness (QED) is 0.861. The second-order valence-corrected chi connectivity index (χ2v) is 6.40. The Hall–Kier alpha value is -2.33. The van der Waals surface area contributed by atoms with Gasteiger partial charge in [-0.15, -0.1) is 0 Å². The molecule has 1 aliphatic rings. The number of unbranched alkanes of at least 4 members (excludes halogenated alkanes) is 1. The molecule has 0 aromatic heterocycles. The summed E-state index contributed by atoms with van der Waals surface area (Å²) in [6, 6.07) is 15.9. The first-order chi connectivity index (χ1) is 12.3. The highest BCUT2D eigenvalue weighted by molar-refractivity contribution is 6.04. The van der Waals surface area contributed by atoms with Crippen molar-refractivity contribution in [3.8, 4) is 0 Å². The molecule has 3 rings (SSSR count). The van der Waals surface area contributed by atoms with E-state index < -0.39 is 0 Å². The van der Waals surface area contributed by atoms with E-state index in [-0.39, 0.29) is 5.91 Å². The van der Waals surface area contributed by atoms with Gasteiger partial charge in [-0.05, 0) is 54.8 Å². The van der Waals surface area contributed by atoms with Crippen LogP contribution in [-0.4, -0.2) is 32.2 Å². The predicted octanol–water partition coefficient (Wildman–Crippen LogP) is 4.12. The number of carbonyl (C=O) groups is 1. The molecule has 2 aromatic carbocycles. The Morgan fingerprint density at radius 3 is 2.36 bits per heavy atom. The average molecular weight is 338 g/mol. The maximum Gasteiger partial charge on any atom is 0.255 e. The first-order valence-electron chi connectivity index (χ1n) is 9.09. The summed E-state index contributed by atoms with van der Waals surface area (Å²) in [6.45, 7) is 5.51. The molecule has 0 atom stereocenters. The van der Waals surface area contributed by atoms with Crippen LogP contribution in [0, 0.1) is 0 Å². The minimum Gasteiger partial charge on any atom is -0.378 e. The van der Waals surface area contributed by atoms with Crippen molar-refractivity contribution < 1.29 is 9.53 Å². The molecule has 0 radical (unpaired) electrons. The van der Waals surface area contributed by atoms with Crippen LogP contribution in [-0.2, 0) is 11.2 Å². The zero-order valence-corrected chi connectivity index (χ0v) is 14.8. The molecule has 1 N–H and O–H groups in total. The summed E-state index contributed by atoms with van der Waals surface area (Å²) in [5.41, 5.74) is 3.96. The molecular weight excluding hydrogens is 312 g/mol. The van der Waals surface area contributed by atoms with Crippen LogP contribution < -0.4 is 10.2 Å². The van der Waals surface area contributed by atoms with Gasteiger partial charge in [-0.3, -0.25) is 4.79 Å². The highest BCUT2D eigenvalue weighted by atomic mass is 16.5. The van der Waals surface area contributed by atoms with E-state index in [0.717, 1.165) is 44.1 Å². The Morgan fingerprint density at radius 1 is 1.04 bits per heavy atom. The molecule has 4 heteroatoms. The number of morpholine rings is 1. The number of anilines is 2. The van der Waals surface area contributed by atoms with E-state index in [9.17, 15) is 4.79 Å². The lowest BCUT2D eigenvalue weighted by Gasteiger charge is -2.28. The van der Waals surface area contributed by atoms with Gasteiger partial charge in [-0.2, -0.15) is 0 Å². The molecule has 2 aromatic rings. The number of carbonyl (C=O) groups excluding carboxylic acids is 1. The fourth-order valence-electron chi connectivity index (χ4n) is 2.98. The highest BCUT2D eigenvalue weighted by Crippen LogP contribution is 2.18. The number of nitrogens with one attached hydrogen (secondary N) is 1. The highest BCUT2D eigenvalue weighted by Gasteiger charge is 2.12. The Balaban J connectivity index is 1.59. The molecule has 0 aliphatic carbocycles. The topological polar surface area (TPSA) is 41.6 Å². The van der Waals surface area contributed by atoms with Gasteiger partial charge in [0.05, 0.1) is 13.2 Å². The maximum absolute atomic E-state index is 12.4. The first-order valence-corrected chi connectivity index (χ1v) is 9.09. The van der Waals surface area contributed by atoms with Crippen molar-refractivity contribution in [2.24, 2.45) is 0 Å². The number of amides is 1. The zero-order chi connectivity index (χ0) is 17.5. The van der Waals surface area contributed by atoms with E-state index in [0.29, 0.717) is 5.56 Å². The number of rotatable bonds is 6. The lowest BCUT2D eigenvalue weighted by atomic mass is 10.1. The SMILES string of the molecule is CCCCc1ccc(NC(=O)c2ccc(N3CCOCC3)cc2)cc1. The smallest absolute Gasteiger partial charge is 0.255 e. The van der Waals surface area contributed by atoms with E-state index in [1.54, 1.807) is 0 Å². The van der Waals surface area contributed by atoms with E-state index in [1.807, 2.05) is 36.4 Å². The lowest BCUT2D eigenvalue weighted by Crippen LogP contribution is -2.36. The van der Waals surface area contributed by atoms with Gasteiger partial charge in [0.1, 0.15) is 0 Å². The number of hydrogen-bond donors (Lipinski definition) is 1. The van der Waals surface area contributed by atoms with Crippen LogP contribution in [0.4, 0.5) is 11.4 Å². The van der Waals surface area contributed by atoms with E-state index in [2.05, 4.69) is 29.3 Å². The lowest BCUT2D eigenvalue weighted by molar-refractivity contribution is 0.102. The molecule has 0 saturated carbocycles. The molecule has 1 aliphatic heterocycles. The molecule has 4 nitrogen and oxygen atoms in total. The molecule has 1 saturated heterocycles. The van der Waals surface area contributed by atoms with Crippen LogP contribution in [0.25, 0.3) is 0 Å². The second-order valence-electron chi connectivity index (χ2n) is 6.40. The molecule has 0 unspecified atom stereocenters. The Bertz CT molecular complexity index is 674. The van der Waals surface area contributed by atoms with E-state index in [1.165, 1.54) is 18.4 Å². The molecule has 0 spiro atoms. The van der Waals surface area contributed by atoms with Gasteiger partial charge in [0.2, 0.25) is 0 Å². The van der Waals surface area contributed by atoms with Crippen molar-refractivity contribution in [2.45, 2.75) is 26.2 Å². The first kappa shape index (κ1) is 17.5. The summed E-state index contributed by atoms with van der Waals surface area (Å²) < 4.78 is 5.37. The summed E-state index contributed by atoms with van der Waals surface area (Å²) in [6.07, 6.45) is 3.48. The molecule has 132 valence electrons. The van der Waals surface area contributed by atoms with Crippen LogP contribution in [0.2, 0.25) is 0 Å². The number of ether oxygens (including phenoxy) is 1. The van der Waals surface area contributed by atoms with Gasteiger partial charge in [-0.25, -0.2) is 0 Å². The van der Waals surface area contributed by atoms with Crippen molar-refractivity contribution in [1.29, 1.82) is 0 Å². The van der Waals surface area contributed by atoms with Crippen molar-refractivity contribution in [3.05, 3.63) is 59.7 Å². The number of nitrogens with zero attached hydrogens (tertiary/aromatic N) is 1. The van der Waals surface area contributed by atoms with Crippen LogP contribution >= 0.6 is 0 Å². The normalized spacial score (nSPS) is 14.4. The van der Waals surface area contributed by atoms with Gasteiger partial charge in [-0.1, -0.05) is 25.5 Å². The van der Waals surface area contributed by atoms with E-state index in [4.69, 9.17) is 4.74 Å². The summed E-state index contributed by atoms with van der Waals surface area (Å²) in [4.78, 5) is 14.7. The van der Waals surface area contributed by atoms with Crippen LogP contribution in [0.15, 0.2) is 48.5 Å². The maximum atomic E-state index is 12.4. The third kappa shape index (κ3) is 4.83. The fourth-order valence-corrected chi connectivity index (χ4v) is 2.98. The van der Waals surface area contributed by atoms with Crippen LogP contribution in [0.3, 0.4) is 0 Å². The van der Waals surface area contributed by atoms with E-state index >= 15 is 0 Å². The summed E-state index contributed by atoms with van der Waals surface area (Å²) >= 11 is 0. The third-order valence-corrected chi connectivity index (χ3v) is 4.54. The van der Waals surface area contributed by atoms with Gasteiger partial charge in [0.15, 0.2) is 0 Å². The number of hydrogen-bond acceptors (Lipinski definition) is 3. The monoisotopic (exact) mass is 338 g/mol. The molecular formula is C21H26N2O2. The summed E-state index contributed by atoms with van der Waals surface area (Å²) in [7, 11) is 0. The summed E-state index contributed by atoms with van der Waals surface area (Å²) in [5, 5.41) is 2.97. The van der Waals surface area contributed by atoms with Crippen LogP contribution in [0.1, 0.15) is 35.7 Å². The molecule has 1 fully saturated rings.